The summed E-state index contributed by atoms with van der Waals surface area (Å²) in [6.45, 7) is 1.26. The van der Waals surface area contributed by atoms with Crippen molar-refractivity contribution in [1.82, 2.24) is 10.6 Å². The Morgan fingerprint density at radius 1 is 0.765 bits per heavy atom. The number of hydrogen-bond acceptors (Lipinski definition) is 2. The minimum Gasteiger partial charge on any atom is -0.314 e. The zero-order valence-electron chi connectivity index (χ0n) is 11.1. The largest absolute Gasteiger partial charge is 0.314 e. The van der Waals surface area contributed by atoms with Gasteiger partial charge in [-0.05, 0) is 51.0 Å². The molecule has 3 atom stereocenters. The zero-order chi connectivity index (χ0) is 11.5. The first-order valence-corrected chi connectivity index (χ1v) is 7.93. The maximum atomic E-state index is 3.96. The van der Waals surface area contributed by atoms with Gasteiger partial charge in [0.15, 0.2) is 0 Å². The first-order chi connectivity index (χ1) is 8.43. The molecule has 0 spiro atoms. The van der Waals surface area contributed by atoms with Crippen molar-refractivity contribution in [2.75, 3.05) is 6.54 Å². The second-order valence-corrected chi connectivity index (χ2v) is 6.41. The van der Waals surface area contributed by atoms with Crippen molar-refractivity contribution in [2.24, 2.45) is 5.92 Å². The molecule has 2 aliphatic carbocycles. The Balaban J connectivity index is 1.57. The molecular formula is C15H28N2. The summed E-state index contributed by atoms with van der Waals surface area (Å²) in [4.78, 5) is 0. The molecule has 0 aromatic rings. The Bertz CT molecular complexity index is 231. The molecule has 3 aliphatic rings. The Morgan fingerprint density at radius 3 is 2.29 bits per heavy atom. The Hall–Kier alpha value is -0.0800. The lowest BCUT2D eigenvalue weighted by molar-refractivity contribution is 0.155. The molecule has 1 saturated heterocycles. The highest BCUT2D eigenvalue weighted by Crippen LogP contribution is 2.32. The predicted molar refractivity (Wildman–Crippen MR) is 72.2 cm³/mol. The Morgan fingerprint density at radius 2 is 1.59 bits per heavy atom. The van der Waals surface area contributed by atoms with Crippen molar-refractivity contribution in [1.29, 1.82) is 0 Å². The van der Waals surface area contributed by atoms with Gasteiger partial charge in [-0.15, -0.1) is 0 Å². The van der Waals surface area contributed by atoms with Crippen LogP contribution in [0.15, 0.2) is 0 Å². The average Bonchev–Trinajstić information content (AvgIpc) is 2.35. The lowest BCUT2D eigenvalue weighted by Crippen LogP contribution is -2.53. The SMILES string of the molecule is C1CCC(C2CCCCC2NC2CCC2)NC1. The molecule has 3 rings (SSSR count). The maximum absolute atomic E-state index is 3.96. The molecule has 2 N–H and O–H groups in total. The van der Waals surface area contributed by atoms with E-state index in [1.807, 2.05) is 0 Å². The number of hydrogen-bond donors (Lipinski definition) is 2. The standard InChI is InChI=1S/C15H28N2/c1-2-10-15(17-12-6-5-7-12)13(8-1)14-9-3-4-11-16-14/h12-17H,1-11H2. The third-order valence-corrected chi connectivity index (χ3v) is 5.24. The summed E-state index contributed by atoms with van der Waals surface area (Å²) in [7, 11) is 0. The van der Waals surface area contributed by atoms with E-state index in [2.05, 4.69) is 10.6 Å². The maximum Gasteiger partial charge on any atom is 0.0113 e. The van der Waals surface area contributed by atoms with Crippen LogP contribution >= 0.6 is 0 Å². The quantitative estimate of drug-likeness (QED) is 0.787. The van der Waals surface area contributed by atoms with E-state index in [-0.39, 0.29) is 0 Å². The molecule has 1 heterocycles. The van der Waals surface area contributed by atoms with Crippen molar-refractivity contribution in [3.63, 3.8) is 0 Å². The first kappa shape index (κ1) is 12.0. The molecule has 3 unspecified atom stereocenters. The first-order valence-electron chi connectivity index (χ1n) is 7.93. The predicted octanol–water partition coefficient (Wildman–Crippen LogP) is 2.83. The summed E-state index contributed by atoms with van der Waals surface area (Å²) < 4.78 is 0. The molecule has 0 aromatic heterocycles. The van der Waals surface area contributed by atoms with Crippen molar-refractivity contribution < 1.29 is 0 Å². The highest BCUT2D eigenvalue weighted by Gasteiger charge is 2.34. The van der Waals surface area contributed by atoms with E-state index in [0.29, 0.717) is 0 Å². The van der Waals surface area contributed by atoms with Crippen molar-refractivity contribution in [3.05, 3.63) is 0 Å². The molecule has 98 valence electrons. The van der Waals surface area contributed by atoms with Gasteiger partial charge in [0.25, 0.3) is 0 Å². The van der Waals surface area contributed by atoms with E-state index in [0.717, 1.165) is 24.0 Å². The van der Waals surface area contributed by atoms with Gasteiger partial charge in [-0.3, -0.25) is 0 Å². The minimum atomic E-state index is 0.821. The van der Waals surface area contributed by atoms with Crippen molar-refractivity contribution in [2.45, 2.75) is 82.3 Å². The van der Waals surface area contributed by atoms with Crippen molar-refractivity contribution >= 4 is 0 Å². The van der Waals surface area contributed by atoms with E-state index < -0.39 is 0 Å². The highest BCUT2D eigenvalue weighted by molar-refractivity contribution is 4.93. The van der Waals surface area contributed by atoms with Crippen LogP contribution in [0.25, 0.3) is 0 Å². The van der Waals surface area contributed by atoms with E-state index in [9.17, 15) is 0 Å². The molecule has 0 amide bonds. The average molecular weight is 236 g/mol. The molecule has 1 aliphatic heterocycles. The summed E-state index contributed by atoms with van der Waals surface area (Å²) in [6.07, 6.45) is 14.4. The number of nitrogens with one attached hydrogen (secondary N) is 2. The fourth-order valence-corrected chi connectivity index (χ4v) is 3.97. The molecule has 2 heteroatoms. The van der Waals surface area contributed by atoms with Crippen LogP contribution in [-0.2, 0) is 0 Å². The number of rotatable bonds is 3. The Kier molecular flexibility index (Phi) is 4.02. The third-order valence-electron chi connectivity index (χ3n) is 5.24. The molecule has 0 bridgehead atoms. The van der Waals surface area contributed by atoms with Crippen LogP contribution in [0.1, 0.15) is 64.2 Å². The zero-order valence-corrected chi connectivity index (χ0v) is 11.1. The van der Waals surface area contributed by atoms with E-state index in [1.165, 1.54) is 70.8 Å². The molecular weight excluding hydrogens is 208 g/mol. The van der Waals surface area contributed by atoms with Gasteiger partial charge in [0.05, 0.1) is 0 Å². The van der Waals surface area contributed by atoms with Gasteiger partial charge < -0.3 is 10.6 Å². The molecule has 17 heavy (non-hydrogen) atoms. The smallest absolute Gasteiger partial charge is 0.0113 e. The van der Waals surface area contributed by atoms with Crippen LogP contribution in [0.2, 0.25) is 0 Å². The second kappa shape index (κ2) is 5.71. The van der Waals surface area contributed by atoms with Gasteiger partial charge in [0.1, 0.15) is 0 Å². The summed E-state index contributed by atoms with van der Waals surface area (Å²) in [6, 6.07) is 2.51. The fraction of sp³-hybridized carbons (Fsp3) is 1.00. The van der Waals surface area contributed by atoms with Crippen LogP contribution in [0, 0.1) is 5.92 Å². The monoisotopic (exact) mass is 236 g/mol. The van der Waals surface area contributed by atoms with Crippen LogP contribution in [0.3, 0.4) is 0 Å². The van der Waals surface area contributed by atoms with E-state index in [4.69, 9.17) is 0 Å². The lowest BCUT2D eigenvalue weighted by atomic mass is 9.76. The Labute approximate surface area is 106 Å². The van der Waals surface area contributed by atoms with Crippen LogP contribution in [0.5, 0.6) is 0 Å². The fourth-order valence-electron chi connectivity index (χ4n) is 3.97. The molecule has 2 saturated carbocycles. The van der Waals surface area contributed by atoms with Gasteiger partial charge in [0, 0.05) is 18.1 Å². The van der Waals surface area contributed by atoms with Gasteiger partial charge in [0.2, 0.25) is 0 Å². The summed E-state index contributed by atoms with van der Waals surface area (Å²) >= 11 is 0. The van der Waals surface area contributed by atoms with Gasteiger partial charge in [-0.1, -0.05) is 25.7 Å². The highest BCUT2D eigenvalue weighted by atomic mass is 15.0. The van der Waals surface area contributed by atoms with Crippen LogP contribution < -0.4 is 10.6 Å². The number of piperidine rings is 1. The van der Waals surface area contributed by atoms with Crippen LogP contribution in [-0.4, -0.2) is 24.7 Å². The van der Waals surface area contributed by atoms with E-state index >= 15 is 0 Å². The second-order valence-electron chi connectivity index (χ2n) is 6.41. The minimum absolute atomic E-state index is 0.821. The summed E-state index contributed by atoms with van der Waals surface area (Å²) in [5.41, 5.74) is 0. The molecule has 0 radical (unpaired) electrons. The summed E-state index contributed by atoms with van der Waals surface area (Å²) in [5.74, 6) is 0.921. The van der Waals surface area contributed by atoms with Gasteiger partial charge in [-0.25, -0.2) is 0 Å². The third kappa shape index (κ3) is 2.85. The summed E-state index contributed by atoms with van der Waals surface area (Å²) in [5, 5.41) is 7.75. The topological polar surface area (TPSA) is 24.1 Å². The van der Waals surface area contributed by atoms with Crippen LogP contribution in [0.4, 0.5) is 0 Å². The molecule has 0 aromatic carbocycles. The van der Waals surface area contributed by atoms with Gasteiger partial charge >= 0.3 is 0 Å². The molecule has 2 nitrogen and oxygen atoms in total. The van der Waals surface area contributed by atoms with Crippen molar-refractivity contribution in [3.8, 4) is 0 Å². The lowest BCUT2D eigenvalue weighted by Gasteiger charge is -2.43. The van der Waals surface area contributed by atoms with Gasteiger partial charge in [-0.2, -0.15) is 0 Å². The normalized spacial score (nSPS) is 39.9. The molecule has 3 fully saturated rings. The van der Waals surface area contributed by atoms with E-state index in [1.54, 1.807) is 0 Å².